The van der Waals surface area contributed by atoms with Crippen LogP contribution in [0.2, 0.25) is 5.02 Å². The Bertz CT molecular complexity index is 1880. The van der Waals surface area contributed by atoms with Crippen molar-refractivity contribution in [1.82, 2.24) is 19.7 Å². The number of nitrogen functional groups attached to an aromatic ring is 1. The van der Waals surface area contributed by atoms with Gasteiger partial charge in [0.05, 0.1) is 35.1 Å². The molecule has 0 unspecified atom stereocenters. The van der Waals surface area contributed by atoms with E-state index < -0.39 is 23.3 Å². The molecule has 0 aliphatic carbocycles. The van der Waals surface area contributed by atoms with E-state index in [9.17, 15) is 22.8 Å². The number of anilines is 3. The molecule has 0 fully saturated rings. The first-order valence-corrected chi connectivity index (χ1v) is 13.3. The number of nitrogens with one attached hydrogen (secondary N) is 2. The normalized spacial score (nSPS) is 11.3. The van der Waals surface area contributed by atoms with Crippen molar-refractivity contribution < 1.29 is 32.2 Å². The van der Waals surface area contributed by atoms with E-state index in [2.05, 4.69) is 25.7 Å². The molecule has 0 spiro atoms. The van der Waals surface area contributed by atoms with Crippen molar-refractivity contribution >= 4 is 51.5 Å². The summed E-state index contributed by atoms with van der Waals surface area (Å²) in [6, 6.07) is 12.9. The van der Waals surface area contributed by atoms with E-state index in [1.54, 1.807) is 6.92 Å². The average molecular weight is 626 g/mol. The SMILES string of the molecule is CCC(=O)Nc1cc(NC(=O)c2cnn(-c3ccc(OC)cc3)c2C(F)(F)F)cc(Oc2cc3ncnc(N)c3cc2Cl)c1. The minimum atomic E-state index is -4.94. The number of methoxy groups -OCH3 is 1. The quantitative estimate of drug-likeness (QED) is 0.178. The summed E-state index contributed by atoms with van der Waals surface area (Å²) in [5, 5.41) is 9.59. The Morgan fingerprint density at radius 1 is 1.00 bits per heavy atom. The van der Waals surface area contributed by atoms with Crippen molar-refractivity contribution in [3.05, 3.63) is 83.4 Å². The Morgan fingerprint density at radius 2 is 1.70 bits per heavy atom. The Morgan fingerprint density at radius 3 is 2.36 bits per heavy atom. The summed E-state index contributed by atoms with van der Waals surface area (Å²) in [5.74, 6) is -0.543. The second-order valence-corrected chi connectivity index (χ2v) is 9.68. The molecule has 226 valence electrons. The predicted molar refractivity (Wildman–Crippen MR) is 157 cm³/mol. The molecule has 0 aliphatic heterocycles. The van der Waals surface area contributed by atoms with Crippen molar-refractivity contribution in [3.63, 3.8) is 0 Å². The smallest absolute Gasteiger partial charge is 0.434 e. The number of aromatic nitrogens is 4. The van der Waals surface area contributed by atoms with Gasteiger partial charge in [-0.25, -0.2) is 14.6 Å². The molecule has 0 aliphatic rings. The van der Waals surface area contributed by atoms with Crippen LogP contribution in [0.1, 0.15) is 29.4 Å². The molecule has 5 aromatic rings. The van der Waals surface area contributed by atoms with Crippen LogP contribution >= 0.6 is 11.6 Å². The first kappa shape index (κ1) is 30.1. The highest BCUT2D eigenvalue weighted by atomic mass is 35.5. The van der Waals surface area contributed by atoms with Gasteiger partial charge in [-0.05, 0) is 36.4 Å². The third-order valence-electron chi connectivity index (χ3n) is 6.32. The van der Waals surface area contributed by atoms with Gasteiger partial charge in [0.2, 0.25) is 5.91 Å². The fourth-order valence-electron chi connectivity index (χ4n) is 4.24. The highest BCUT2D eigenvalue weighted by molar-refractivity contribution is 6.33. The van der Waals surface area contributed by atoms with E-state index in [0.717, 1.165) is 6.20 Å². The van der Waals surface area contributed by atoms with E-state index >= 15 is 0 Å². The maximum absolute atomic E-state index is 14.2. The summed E-state index contributed by atoms with van der Waals surface area (Å²) < 4.78 is 54.4. The standard InChI is InChI=1S/C29H23ClF3N7O4/c1-3-25(41)38-15-8-16(10-19(9-15)44-24-12-23-20(11-22(24)30)27(34)36-14-35-23)39-28(42)21-13-37-40(26(21)29(31,32)33)17-4-6-18(43-2)7-5-17/h4-14H,3H2,1-2H3,(H,38,41)(H,39,42)(H2,34,35,36). The number of carbonyl (C=O) groups excluding carboxylic acids is 2. The number of hydrogen-bond donors (Lipinski definition) is 3. The number of fused-ring (bicyclic) bond motifs is 1. The van der Waals surface area contributed by atoms with Crippen molar-refractivity contribution in [2.75, 3.05) is 23.5 Å². The second-order valence-electron chi connectivity index (χ2n) is 9.28. The lowest BCUT2D eigenvalue weighted by atomic mass is 10.2. The summed E-state index contributed by atoms with van der Waals surface area (Å²) in [5.41, 5.74) is 4.62. The van der Waals surface area contributed by atoms with Gasteiger partial charge in [-0.2, -0.15) is 18.3 Å². The van der Waals surface area contributed by atoms with E-state index in [0.29, 0.717) is 21.3 Å². The zero-order chi connectivity index (χ0) is 31.6. The molecule has 15 heteroatoms. The number of ether oxygens (including phenoxy) is 2. The van der Waals surface area contributed by atoms with E-state index in [-0.39, 0.29) is 51.7 Å². The van der Waals surface area contributed by atoms with Crippen molar-refractivity contribution in [2.45, 2.75) is 19.5 Å². The molecule has 2 heterocycles. The number of nitrogens with zero attached hydrogens (tertiary/aromatic N) is 4. The van der Waals surface area contributed by atoms with Gasteiger partial charge < -0.3 is 25.8 Å². The zero-order valence-corrected chi connectivity index (χ0v) is 23.8. The lowest BCUT2D eigenvalue weighted by molar-refractivity contribution is -0.143. The maximum atomic E-state index is 14.2. The second kappa shape index (κ2) is 12.1. The number of carbonyl (C=O) groups is 2. The van der Waals surface area contributed by atoms with Gasteiger partial charge in [-0.3, -0.25) is 9.59 Å². The minimum absolute atomic E-state index is 0.0210. The van der Waals surface area contributed by atoms with Gasteiger partial charge in [0.1, 0.15) is 29.4 Å². The molecule has 0 radical (unpaired) electrons. The number of hydrogen-bond acceptors (Lipinski definition) is 8. The monoisotopic (exact) mass is 625 g/mol. The van der Waals surface area contributed by atoms with Crippen LogP contribution in [-0.2, 0) is 11.0 Å². The van der Waals surface area contributed by atoms with Gasteiger partial charge >= 0.3 is 6.18 Å². The molecule has 2 aromatic heterocycles. The molecule has 2 amide bonds. The lowest BCUT2D eigenvalue weighted by Gasteiger charge is -2.15. The maximum Gasteiger partial charge on any atom is 0.434 e. The summed E-state index contributed by atoms with van der Waals surface area (Å²) in [4.78, 5) is 33.5. The first-order chi connectivity index (χ1) is 21.0. The van der Waals surface area contributed by atoms with E-state index in [1.165, 1.54) is 68.0 Å². The molecule has 0 saturated carbocycles. The van der Waals surface area contributed by atoms with Crippen LogP contribution in [0, 0.1) is 0 Å². The molecule has 11 nitrogen and oxygen atoms in total. The molecule has 0 bridgehead atoms. The van der Waals surface area contributed by atoms with E-state index in [1.807, 2.05) is 0 Å². The molecule has 4 N–H and O–H groups in total. The Kier molecular flexibility index (Phi) is 8.27. The number of nitrogens with two attached hydrogens (primary N) is 1. The van der Waals surface area contributed by atoms with Crippen LogP contribution in [-0.4, -0.2) is 38.7 Å². The summed E-state index contributed by atoms with van der Waals surface area (Å²) >= 11 is 6.41. The Balaban J connectivity index is 1.50. The van der Waals surface area contributed by atoms with Gasteiger partial charge in [0, 0.05) is 41.4 Å². The number of amides is 2. The molecule has 3 aromatic carbocycles. The summed E-state index contributed by atoms with van der Waals surface area (Å²) in [6.45, 7) is 1.64. The van der Waals surface area contributed by atoms with Gasteiger partial charge in [0.25, 0.3) is 5.91 Å². The van der Waals surface area contributed by atoms with Crippen molar-refractivity contribution in [3.8, 4) is 22.9 Å². The molecule has 44 heavy (non-hydrogen) atoms. The first-order valence-electron chi connectivity index (χ1n) is 12.9. The topological polar surface area (TPSA) is 146 Å². The Labute approximate surface area is 252 Å². The van der Waals surface area contributed by atoms with Crippen LogP contribution in [0.3, 0.4) is 0 Å². The largest absolute Gasteiger partial charge is 0.497 e. The molecule has 5 rings (SSSR count). The van der Waals surface area contributed by atoms with Gasteiger partial charge in [-0.1, -0.05) is 18.5 Å². The van der Waals surface area contributed by atoms with Crippen molar-refractivity contribution in [2.24, 2.45) is 0 Å². The van der Waals surface area contributed by atoms with Crippen LogP contribution in [0.4, 0.5) is 30.4 Å². The van der Waals surface area contributed by atoms with Crippen molar-refractivity contribution in [1.29, 1.82) is 0 Å². The number of benzene rings is 3. The number of rotatable bonds is 8. The third-order valence-corrected chi connectivity index (χ3v) is 6.61. The number of alkyl halides is 3. The van der Waals surface area contributed by atoms with Crippen LogP contribution < -0.4 is 25.8 Å². The van der Waals surface area contributed by atoms with E-state index in [4.69, 9.17) is 26.8 Å². The fraction of sp³-hybridized carbons (Fsp3) is 0.138. The minimum Gasteiger partial charge on any atom is -0.497 e. The highest BCUT2D eigenvalue weighted by Gasteiger charge is 2.40. The summed E-state index contributed by atoms with van der Waals surface area (Å²) in [6.07, 6.45) is -2.70. The molecular weight excluding hydrogens is 603 g/mol. The van der Waals surface area contributed by atoms with Crippen LogP contribution in [0.5, 0.6) is 17.2 Å². The van der Waals surface area contributed by atoms with Crippen LogP contribution in [0.15, 0.2) is 67.1 Å². The molecular formula is C29H23ClF3N7O4. The molecule has 0 atom stereocenters. The molecule has 0 saturated heterocycles. The summed E-state index contributed by atoms with van der Waals surface area (Å²) in [7, 11) is 1.42. The van der Waals surface area contributed by atoms with Gasteiger partial charge in [-0.15, -0.1) is 0 Å². The highest BCUT2D eigenvalue weighted by Crippen LogP contribution is 2.37. The number of halogens is 4. The Hall–Kier alpha value is -5.37. The zero-order valence-electron chi connectivity index (χ0n) is 23.1. The predicted octanol–water partition coefficient (Wildman–Crippen LogP) is 6.47. The fourth-order valence-corrected chi connectivity index (χ4v) is 4.44. The third kappa shape index (κ3) is 6.34. The van der Waals surface area contributed by atoms with Gasteiger partial charge in [0.15, 0.2) is 5.69 Å². The average Bonchev–Trinajstić information content (AvgIpc) is 3.45. The lowest BCUT2D eigenvalue weighted by Crippen LogP contribution is -2.21. The van der Waals surface area contributed by atoms with Crippen LogP contribution in [0.25, 0.3) is 16.6 Å².